The molecule has 1 fully saturated rings. The van der Waals surface area contributed by atoms with Crippen molar-refractivity contribution in [1.82, 2.24) is 5.32 Å². The van der Waals surface area contributed by atoms with Crippen molar-refractivity contribution < 1.29 is 0 Å². The van der Waals surface area contributed by atoms with Gasteiger partial charge in [0.2, 0.25) is 0 Å². The minimum absolute atomic E-state index is 0.243. The van der Waals surface area contributed by atoms with Crippen LogP contribution in [-0.4, -0.2) is 17.0 Å². The zero-order valence-corrected chi connectivity index (χ0v) is 13.0. The lowest BCUT2D eigenvalue weighted by Crippen LogP contribution is -2.48. The molecular formula is C16H25NS. The fourth-order valence-electron chi connectivity index (χ4n) is 2.38. The van der Waals surface area contributed by atoms with E-state index in [-0.39, 0.29) is 11.0 Å². The smallest absolute Gasteiger partial charge is 0.0416 e. The van der Waals surface area contributed by atoms with Gasteiger partial charge < -0.3 is 5.32 Å². The van der Waals surface area contributed by atoms with Crippen LogP contribution in [0.4, 0.5) is 0 Å². The maximum atomic E-state index is 3.75. The zero-order valence-electron chi connectivity index (χ0n) is 12.2. The summed E-state index contributed by atoms with van der Waals surface area (Å²) in [6, 6.07) is 9.64. The van der Waals surface area contributed by atoms with Crippen LogP contribution in [0.3, 0.4) is 0 Å². The normalized spacial score (nSPS) is 23.9. The Kier molecular flexibility index (Phi) is 3.80. The third kappa shape index (κ3) is 3.30. The number of benzene rings is 1. The molecular weight excluding hydrogens is 238 g/mol. The fourth-order valence-corrected chi connectivity index (χ4v) is 3.60. The van der Waals surface area contributed by atoms with E-state index in [1.54, 1.807) is 0 Å². The monoisotopic (exact) mass is 263 g/mol. The van der Waals surface area contributed by atoms with Crippen molar-refractivity contribution >= 4 is 11.8 Å². The topological polar surface area (TPSA) is 12.0 Å². The van der Waals surface area contributed by atoms with E-state index < -0.39 is 0 Å². The van der Waals surface area contributed by atoms with Gasteiger partial charge in [-0.2, -0.15) is 11.8 Å². The molecule has 1 heterocycles. The first kappa shape index (κ1) is 14.0. The molecule has 1 nitrogen and oxygen atoms in total. The molecule has 0 bridgehead atoms. The van der Waals surface area contributed by atoms with Gasteiger partial charge in [0.1, 0.15) is 0 Å². The molecule has 1 N–H and O–H groups in total. The maximum absolute atomic E-state index is 3.75. The molecule has 1 aromatic carbocycles. The summed E-state index contributed by atoms with van der Waals surface area (Å²) in [5.74, 6) is 2.38. The minimum Gasteiger partial charge on any atom is -0.303 e. The molecule has 0 aliphatic carbocycles. The second-order valence-electron chi connectivity index (χ2n) is 6.97. The third-order valence-corrected chi connectivity index (χ3v) is 4.99. The van der Waals surface area contributed by atoms with Gasteiger partial charge in [0, 0.05) is 23.1 Å². The average molecular weight is 263 g/mol. The van der Waals surface area contributed by atoms with Gasteiger partial charge in [0.05, 0.1) is 0 Å². The van der Waals surface area contributed by atoms with Gasteiger partial charge in [-0.3, -0.25) is 0 Å². The standard InChI is InChI=1S/C16H25NS/c1-15(2,3)13-8-6-12(7-9-13)14-10-18-11-16(4,5)17-14/h6-9,14,17H,10-11H2,1-5H3. The molecule has 1 aromatic rings. The summed E-state index contributed by atoms with van der Waals surface area (Å²) < 4.78 is 0. The highest BCUT2D eigenvalue weighted by Gasteiger charge is 2.28. The quantitative estimate of drug-likeness (QED) is 0.817. The van der Waals surface area contributed by atoms with Gasteiger partial charge in [-0.05, 0) is 30.4 Å². The minimum atomic E-state index is 0.243. The van der Waals surface area contributed by atoms with Crippen molar-refractivity contribution in [1.29, 1.82) is 0 Å². The molecule has 0 radical (unpaired) electrons. The van der Waals surface area contributed by atoms with Crippen molar-refractivity contribution in [2.24, 2.45) is 0 Å². The van der Waals surface area contributed by atoms with Gasteiger partial charge in [-0.1, -0.05) is 45.0 Å². The van der Waals surface area contributed by atoms with E-state index in [0.717, 1.165) is 0 Å². The van der Waals surface area contributed by atoms with Crippen LogP contribution < -0.4 is 5.32 Å². The summed E-state index contributed by atoms with van der Waals surface area (Å²) in [6.45, 7) is 11.4. The largest absolute Gasteiger partial charge is 0.303 e. The van der Waals surface area contributed by atoms with E-state index in [9.17, 15) is 0 Å². The van der Waals surface area contributed by atoms with Crippen LogP contribution in [-0.2, 0) is 5.41 Å². The highest BCUT2D eigenvalue weighted by atomic mass is 32.2. The molecule has 0 spiro atoms. The van der Waals surface area contributed by atoms with E-state index in [1.165, 1.54) is 22.6 Å². The Hall–Kier alpha value is -0.470. The van der Waals surface area contributed by atoms with Crippen molar-refractivity contribution in [2.75, 3.05) is 11.5 Å². The molecule has 1 saturated heterocycles. The first-order valence-electron chi connectivity index (χ1n) is 6.74. The van der Waals surface area contributed by atoms with Crippen molar-refractivity contribution in [3.8, 4) is 0 Å². The van der Waals surface area contributed by atoms with Crippen molar-refractivity contribution in [2.45, 2.75) is 51.6 Å². The van der Waals surface area contributed by atoms with E-state index in [2.05, 4.69) is 76.0 Å². The zero-order chi connectivity index (χ0) is 13.4. The van der Waals surface area contributed by atoms with Gasteiger partial charge in [-0.25, -0.2) is 0 Å². The van der Waals surface area contributed by atoms with E-state index in [1.807, 2.05) is 0 Å². The SMILES string of the molecule is CC1(C)CSCC(c2ccc(C(C)(C)C)cc2)N1. The molecule has 1 aliphatic heterocycles. The fraction of sp³-hybridized carbons (Fsp3) is 0.625. The van der Waals surface area contributed by atoms with Gasteiger partial charge in [0.25, 0.3) is 0 Å². The number of hydrogen-bond donors (Lipinski definition) is 1. The van der Waals surface area contributed by atoms with Gasteiger partial charge >= 0.3 is 0 Å². The summed E-state index contributed by atoms with van der Waals surface area (Å²) in [6.07, 6.45) is 0. The first-order chi connectivity index (χ1) is 8.28. The van der Waals surface area contributed by atoms with Crippen LogP contribution in [0.25, 0.3) is 0 Å². The Balaban J connectivity index is 2.15. The summed E-state index contributed by atoms with van der Waals surface area (Å²) in [7, 11) is 0. The number of nitrogens with one attached hydrogen (secondary N) is 1. The van der Waals surface area contributed by atoms with Crippen LogP contribution in [0.15, 0.2) is 24.3 Å². The second kappa shape index (κ2) is 4.90. The Labute approximate surface area is 116 Å². The maximum Gasteiger partial charge on any atom is 0.0416 e. The predicted molar refractivity (Wildman–Crippen MR) is 82.4 cm³/mol. The summed E-state index contributed by atoms with van der Waals surface area (Å²) in [5, 5.41) is 3.75. The lowest BCUT2D eigenvalue weighted by Gasteiger charge is -2.37. The highest BCUT2D eigenvalue weighted by Crippen LogP contribution is 2.30. The van der Waals surface area contributed by atoms with Crippen LogP contribution in [0.2, 0.25) is 0 Å². The third-order valence-electron chi connectivity index (χ3n) is 3.49. The van der Waals surface area contributed by atoms with Crippen LogP contribution >= 0.6 is 11.8 Å². The number of rotatable bonds is 1. The Morgan fingerprint density at radius 2 is 1.78 bits per heavy atom. The molecule has 1 unspecified atom stereocenters. The van der Waals surface area contributed by atoms with Gasteiger partial charge in [-0.15, -0.1) is 0 Å². The van der Waals surface area contributed by atoms with Crippen LogP contribution in [0.1, 0.15) is 51.8 Å². The van der Waals surface area contributed by atoms with E-state index >= 15 is 0 Å². The number of thioether (sulfide) groups is 1. The molecule has 2 rings (SSSR count). The Morgan fingerprint density at radius 3 is 2.28 bits per heavy atom. The predicted octanol–water partition coefficient (Wildman–Crippen LogP) is 4.14. The summed E-state index contributed by atoms with van der Waals surface area (Å²) in [4.78, 5) is 0. The molecule has 1 aliphatic rings. The summed E-state index contributed by atoms with van der Waals surface area (Å²) >= 11 is 2.05. The molecule has 1 atom stereocenters. The van der Waals surface area contributed by atoms with Crippen LogP contribution in [0, 0.1) is 0 Å². The highest BCUT2D eigenvalue weighted by molar-refractivity contribution is 7.99. The van der Waals surface area contributed by atoms with E-state index in [0.29, 0.717) is 6.04 Å². The summed E-state index contributed by atoms with van der Waals surface area (Å²) in [5.41, 5.74) is 3.32. The lowest BCUT2D eigenvalue weighted by molar-refractivity contribution is 0.376. The van der Waals surface area contributed by atoms with Crippen molar-refractivity contribution in [3.05, 3.63) is 35.4 Å². The van der Waals surface area contributed by atoms with Crippen molar-refractivity contribution in [3.63, 3.8) is 0 Å². The Bertz CT molecular complexity index is 400. The Morgan fingerprint density at radius 1 is 1.17 bits per heavy atom. The molecule has 0 saturated carbocycles. The molecule has 18 heavy (non-hydrogen) atoms. The molecule has 2 heteroatoms. The molecule has 100 valence electrons. The van der Waals surface area contributed by atoms with E-state index in [4.69, 9.17) is 0 Å². The molecule has 0 amide bonds. The molecule has 0 aromatic heterocycles. The average Bonchev–Trinajstić information content (AvgIpc) is 2.27. The lowest BCUT2D eigenvalue weighted by atomic mass is 9.86. The van der Waals surface area contributed by atoms with Gasteiger partial charge in [0.15, 0.2) is 0 Å². The number of hydrogen-bond acceptors (Lipinski definition) is 2. The second-order valence-corrected chi connectivity index (χ2v) is 8.00. The van der Waals surface area contributed by atoms with Crippen LogP contribution in [0.5, 0.6) is 0 Å². The first-order valence-corrected chi connectivity index (χ1v) is 7.89.